The highest BCUT2D eigenvalue weighted by Crippen LogP contribution is 2.19. The average molecular weight is 245 g/mol. The van der Waals surface area contributed by atoms with Crippen molar-refractivity contribution in [3.05, 3.63) is 46.0 Å². The molecular formula is C11H10Cl2O2. The quantitative estimate of drug-likeness (QED) is 0.600. The maximum absolute atomic E-state index is 11.1. The van der Waals surface area contributed by atoms with Gasteiger partial charge in [-0.2, -0.15) is 0 Å². The monoisotopic (exact) mass is 244 g/mol. The molecule has 0 aromatic heterocycles. The Morgan fingerprint density at radius 2 is 1.87 bits per heavy atom. The second-order valence-corrected chi connectivity index (χ2v) is 4.01. The predicted octanol–water partition coefficient (Wildman–Crippen LogP) is 3.61. The third kappa shape index (κ3) is 3.94. The van der Waals surface area contributed by atoms with Crippen LogP contribution < -0.4 is 0 Å². The highest BCUT2D eigenvalue weighted by molar-refractivity contribution is 6.34. The van der Waals surface area contributed by atoms with Gasteiger partial charge in [0.2, 0.25) is 0 Å². The smallest absolute Gasteiger partial charge is 0.333 e. The van der Waals surface area contributed by atoms with E-state index < -0.39 is 5.97 Å². The van der Waals surface area contributed by atoms with Crippen LogP contribution in [-0.4, -0.2) is 5.97 Å². The van der Waals surface area contributed by atoms with E-state index in [0.29, 0.717) is 15.6 Å². The Labute approximate surface area is 98.4 Å². The zero-order valence-corrected chi connectivity index (χ0v) is 9.73. The molecule has 0 spiro atoms. The lowest BCUT2D eigenvalue weighted by molar-refractivity contribution is -0.140. The summed E-state index contributed by atoms with van der Waals surface area (Å²) in [5, 5.41) is 1.03. The molecular weight excluding hydrogens is 235 g/mol. The number of hydrogen-bond acceptors (Lipinski definition) is 2. The lowest BCUT2D eigenvalue weighted by atomic mass is 10.2. The number of carbonyl (C=O) groups is 1. The maximum atomic E-state index is 11.1. The predicted molar refractivity (Wildman–Crippen MR) is 61.1 cm³/mol. The summed E-state index contributed by atoms with van der Waals surface area (Å²) in [6.07, 6.45) is 0. The van der Waals surface area contributed by atoms with Crippen LogP contribution in [0.15, 0.2) is 30.4 Å². The first-order valence-corrected chi connectivity index (χ1v) is 5.02. The largest absolute Gasteiger partial charge is 0.457 e. The number of rotatable bonds is 3. The zero-order chi connectivity index (χ0) is 11.4. The Hall–Kier alpha value is -0.990. The molecule has 0 aliphatic heterocycles. The van der Waals surface area contributed by atoms with E-state index in [9.17, 15) is 4.79 Å². The van der Waals surface area contributed by atoms with Crippen molar-refractivity contribution in [2.45, 2.75) is 13.5 Å². The van der Waals surface area contributed by atoms with Gasteiger partial charge in [-0.05, 0) is 30.7 Å². The first-order chi connectivity index (χ1) is 6.99. The summed E-state index contributed by atoms with van der Waals surface area (Å²) in [5.74, 6) is -0.425. The molecule has 1 aromatic carbocycles. The standard InChI is InChI=1S/C11H10Cl2O2/c1-7(2)11(14)15-6-8-3-9(12)5-10(13)4-8/h3-5H,1,6H2,2H3. The summed E-state index contributed by atoms with van der Waals surface area (Å²) in [6, 6.07) is 5.01. The summed E-state index contributed by atoms with van der Waals surface area (Å²) in [5.41, 5.74) is 1.12. The van der Waals surface area contributed by atoms with Gasteiger partial charge >= 0.3 is 5.97 Å². The van der Waals surface area contributed by atoms with E-state index in [1.165, 1.54) is 0 Å². The van der Waals surface area contributed by atoms with E-state index >= 15 is 0 Å². The molecule has 1 aromatic rings. The van der Waals surface area contributed by atoms with Gasteiger partial charge in [0.15, 0.2) is 0 Å². The molecule has 0 atom stereocenters. The summed E-state index contributed by atoms with van der Waals surface area (Å²) < 4.78 is 4.94. The van der Waals surface area contributed by atoms with E-state index in [1.54, 1.807) is 25.1 Å². The van der Waals surface area contributed by atoms with Gasteiger partial charge < -0.3 is 4.74 Å². The zero-order valence-electron chi connectivity index (χ0n) is 8.22. The number of carbonyl (C=O) groups excluding carboxylic acids is 1. The molecule has 0 heterocycles. The molecule has 15 heavy (non-hydrogen) atoms. The summed E-state index contributed by atoms with van der Waals surface area (Å²) >= 11 is 11.6. The molecule has 0 N–H and O–H groups in total. The third-order valence-electron chi connectivity index (χ3n) is 1.64. The van der Waals surface area contributed by atoms with Crippen LogP contribution in [0.5, 0.6) is 0 Å². The Kier molecular flexibility index (Phi) is 4.18. The van der Waals surface area contributed by atoms with E-state index in [1.807, 2.05) is 0 Å². The van der Waals surface area contributed by atoms with Crippen molar-refractivity contribution in [3.63, 3.8) is 0 Å². The van der Waals surface area contributed by atoms with Crippen molar-refractivity contribution >= 4 is 29.2 Å². The normalized spacial score (nSPS) is 9.80. The Bertz CT molecular complexity index is 379. The van der Waals surface area contributed by atoms with Crippen LogP contribution in [0, 0.1) is 0 Å². The van der Waals surface area contributed by atoms with Crippen molar-refractivity contribution in [2.75, 3.05) is 0 Å². The van der Waals surface area contributed by atoms with Gasteiger partial charge in [0.25, 0.3) is 0 Å². The topological polar surface area (TPSA) is 26.3 Å². The van der Waals surface area contributed by atoms with Crippen molar-refractivity contribution in [1.82, 2.24) is 0 Å². The number of esters is 1. The maximum Gasteiger partial charge on any atom is 0.333 e. The fourth-order valence-electron chi connectivity index (χ4n) is 0.966. The van der Waals surface area contributed by atoms with Crippen molar-refractivity contribution < 1.29 is 9.53 Å². The molecule has 80 valence electrons. The van der Waals surface area contributed by atoms with Crippen LogP contribution in [0.2, 0.25) is 10.0 Å². The third-order valence-corrected chi connectivity index (χ3v) is 2.08. The first-order valence-electron chi connectivity index (χ1n) is 4.26. The highest BCUT2D eigenvalue weighted by Gasteiger charge is 2.04. The van der Waals surface area contributed by atoms with Gasteiger partial charge in [0.1, 0.15) is 6.61 Å². The number of benzene rings is 1. The molecule has 0 radical (unpaired) electrons. The minimum absolute atomic E-state index is 0.145. The number of ether oxygens (including phenoxy) is 1. The minimum atomic E-state index is -0.425. The molecule has 2 nitrogen and oxygen atoms in total. The molecule has 0 aliphatic carbocycles. The first kappa shape index (κ1) is 12.1. The Morgan fingerprint density at radius 1 is 1.33 bits per heavy atom. The molecule has 0 saturated heterocycles. The van der Waals surface area contributed by atoms with Crippen LogP contribution in [0.1, 0.15) is 12.5 Å². The summed E-state index contributed by atoms with van der Waals surface area (Å²) in [4.78, 5) is 11.1. The molecule has 0 unspecified atom stereocenters. The fraction of sp³-hybridized carbons (Fsp3) is 0.182. The van der Waals surface area contributed by atoms with Gasteiger partial charge in [0, 0.05) is 15.6 Å². The molecule has 0 amide bonds. The lowest BCUT2D eigenvalue weighted by Crippen LogP contribution is -2.04. The average Bonchev–Trinajstić information content (AvgIpc) is 2.12. The second kappa shape index (κ2) is 5.19. The van der Waals surface area contributed by atoms with Crippen molar-refractivity contribution in [2.24, 2.45) is 0 Å². The van der Waals surface area contributed by atoms with Gasteiger partial charge in [-0.3, -0.25) is 0 Å². The lowest BCUT2D eigenvalue weighted by Gasteiger charge is -2.05. The van der Waals surface area contributed by atoms with Crippen LogP contribution >= 0.6 is 23.2 Å². The van der Waals surface area contributed by atoms with E-state index in [0.717, 1.165) is 5.56 Å². The van der Waals surface area contributed by atoms with Crippen molar-refractivity contribution in [1.29, 1.82) is 0 Å². The molecule has 1 rings (SSSR count). The van der Waals surface area contributed by atoms with Gasteiger partial charge in [-0.1, -0.05) is 29.8 Å². The molecule has 0 aliphatic rings. The van der Waals surface area contributed by atoms with Crippen LogP contribution in [0.3, 0.4) is 0 Å². The van der Waals surface area contributed by atoms with E-state index in [4.69, 9.17) is 27.9 Å². The van der Waals surface area contributed by atoms with Crippen LogP contribution in [0.4, 0.5) is 0 Å². The Balaban J connectivity index is 2.65. The fourth-order valence-corrected chi connectivity index (χ4v) is 1.54. The minimum Gasteiger partial charge on any atom is -0.457 e. The molecule has 0 bridgehead atoms. The second-order valence-electron chi connectivity index (χ2n) is 3.13. The highest BCUT2D eigenvalue weighted by atomic mass is 35.5. The number of hydrogen-bond donors (Lipinski definition) is 0. The van der Waals surface area contributed by atoms with Crippen LogP contribution in [-0.2, 0) is 16.1 Å². The molecule has 0 fully saturated rings. The van der Waals surface area contributed by atoms with Gasteiger partial charge in [-0.15, -0.1) is 0 Å². The molecule has 0 saturated carbocycles. The van der Waals surface area contributed by atoms with Gasteiger partial charge in [-0.25, -0.2) is 4.79 Å². The Morgan fingerprint density at radius 3 is 2.33 bits per heavy atom. The van der Waals surface area contributed by atoms with E-state index in [-0.39, 0.29) is 6.61 Å². The molecule has 4 heteroatoms. The van der Waals surface area contributed by atoms with E-state index in [2.05, 4.69) is 6.58 Å². The van der Waals surface area contributed by atoms with Crippen molar-refractivity contribution in [3.8, 4) is 0 Å². The number of halogens is 2. The van der Waals surface area contributed by atoms with Gasteiger partial charge in [0.05, 0.1) is 0 Å². The summed E-state index contributed by atoms with van der Waals surface area (Å²) in [6.45, 7) is 5.21. The summed E-state index contributed by atoms with van der Waals surface area (Å²) in [7, 11) is 0. The SMILES string of the molecule is C=C(C)C(=O)OCc1cc(Cl)cc(Cl)c1. The van der Waals surface area contributed by atoms with Crippen LogP contribution in [0.25, 0.3) is 0 Å².